The van der Waals surface area contributed by atoms with Gasteiger partial charge in [0.15, 0.2) is 0 Å². The maximum Gasteiger partial charge on any atom is 0.407 e. The van der Waals surface area contributed by atoms with Gasteiger partial charge in [-0.05, 0) is 112 Å². The van der Waals surface area contributed by atoms with Crippen LogP contribution in [0.15, 0.2) is 66.7 Å². The molecule has 1 aliphatic rings. The number of carbonyl (C=O) groups excluding carboxylic acids is 4. The number of nitrogens with one attached hydrogen (secondary N) is 5. The Morgan fingerprint density at radius 3 is 2.23 bits per heavy atom. The van der Waals surface area contributed by atoms with Gasteiger partial charge in [0, 0.05) is 48.8 Å². The highest BCUT2D eigenvalue weighted by molar-refractivity contribution is 5.98. The number of rotatable bonds is 16. The van der Waals surface area contributed by atoms with Gasteiger partial charge in [0.2, 0.25) is 17.6 Å². The number of nitrogens with zero attached hydrogens (tertiary/aromatic N) is 4. The number of aromatic amines is 1. The van der Waals surface area contributed by atoms with Gasteiger partial charge in [-0.25, -0.2) is 9.18 Å². The average molecular weight is 784 g/mol. The summed E-state index contributed by atoms with van der Waals surface area (Å²) in [5.74, 6) is -1.37. The minimum absolute atomic E-state index is 0.0331. The summed E-state index contributed by atoms with van der Waals surface area (Å²) in [6.07, 6.45) is 2.43. The first-order valence-electron chi connectivity index (χ1n) is 19.6. The van der Waals surface area contributed by atoms with E-state index < -0.39 is 35.4 Å². The molecule has 0 aliphatic heterocycles. The van der Waals surface area contributed by atoms with Crippen LogP contribution < -0.4 is 21.3 Å². The quantitative estimate of drug-likeness (QED) is 0.0946. The van der Waals surface area contributed by atoms with Crippen LogP contribution >= 0.6 is 0 Å². The number of likely N-dealkylation sites (N-methyl/N-ethyl adjacent to an activating group) is 1. The van der Waals surface area contributed by atoms with Crippen LogP contribution in [0, 0.1) is 17.7 Å². The molecule has 1 heterocycles. The van der Waals surface area contributed by atoms with E-state index in [0.29, 0.717) is 55.1 Å². The van der Waals surface area contributed by atoms with Crippen molar-refractivity contribution in [3.8, 4) is 22.5 Å². The van der Waals surface area contributed by atoms with Crippen molar-refractivity contribution in [3.05, 3.63) is 83.7 Å². The first-order chi connectivity index (χ1) is 27.3. The van der Waals surface area contributed by atoms with E-state index in [9.17, 15) is 19.2 Å². The van der Waals surface area contributed by atoms with Crippen LogP contribution in [0.25, 0.3) is 22.5 Å². The highest BCUT2D eigenvalue weighted by Crippen LogP contribution is 2.30. The van der Waals surface area contributed by atoms with E-state index in [-0.39, 0.29) is 35.3 Å². The molecular formula is C42H54FN9O5. The Bertz CT molecular complexity index is 1940. The molecule has 57 heavy (non-hydrogen) atoms. The molecule has 304 valence electrons. The van der Waals surface area contributed by atoms with Crippen LogP contribution in [0.1, 0.15) is 76.2 Å². The molecular weight excluding hydrogens is 730 g/mol. The third-order valence-electron chi connectivity index (χ3n) is 10.1. The molecule has 1 fully saturated rings. The number of hydrogen-bond donors (Lipinski definition) is 5. The molecule has 1 atom stereocenters. The lowest BCUT2D eigenvalue weighted by Gasteiger charge is -2.29. The van der Waals surface area contributed by atoms with Gasteiger partial charge in [-0.3, -0.25) is 14.4 Å². The zero-order chi connectivity index (χ0) is 41.0. The fourth-order valence-electron chi connectivity index (χ4n) is 6.83. The van der Waals surface area contributed by atoms with E-state index in [2.05, 4.69) is 60.6 Å². The maximum atomic E-state index is 15.7. The molecule has 4 aromatic rings. The van der Waals surface area contributed by atoms with Crippen LogP contribution in [0.5, 0.6) is 0 Å². The second-order valence-electron chi connectivity index (χ2n) is 15.3. The number of anilines is 1. The third kappa shape index (κ3) is 12.4. The van der Waals surface area contributed by atoms with Crippen molar-refractivity contribution in [1.29, 1.82) is 0 Å². The minimum Gasteiger partial charge on any atom is -0.444 e. The van der Waals surface area contributed by atoms with Crippen molar-refractivity contribution >= 4 is 29.5 Å². The molecule has 15 heteroatoms. The zero-order valence-electron chi connectivity index (χ0n) is 33.4. The molecule has 14 nitrogen and oxygen atoms in total. The summed E-state index contributed by atoms with van der Waals surface area (Å²) < 4.78 is 21.1. The smallest absolute Gasteiger partial charge is 0.407 e. The highest BCUT2D eigenvalue weighted by Gasteiger charge is 2.30. The van der Waals surface area contributed by atoms with E-state index >= 15 is 4.39 Å². The lowest BCUT2D eigenvalue weighted by Crippen LogP contribution is -2.48. The summed E-state index contributed by atoms with van der Waals surface area (Å²) in [7, 11) is 0. The van der Waals surface area contributed by atoms with Gasteiger partial charge in [-0.15, -0.1) is 10.2 Å². The first kappa shape index (κ1) is 42.4. The molecule has 0 bridgehead atoms. The number of hydrogen-bond acceptors (Lipinski definition) is 9. The Morgan fingerprint density at radius 1 is 0.912 bits per heavy atom. The van der Waals surface area contributed by atoms with Crippen LogP contribution in [0.4, 0.5) is 14.9 Å². The summed E-state index contributed by atoms with van der Waals surface area (Å²) in [6, 6.07) is 17.9. The number of amides is 4. The monoisotopic (exact) mass is 783 g/mol. The summed E-state index contributed by atoms with van der Waals surface area (Å²) in [5, 5.41) is 25.5. The number of benzene rings is 3. The van der Waals surface area contributed by atoms with Gasteiger partial charge in [0.05, 0.1) is 5.56 Å². The van der Waals surface area contributed by atoms with E-state index in [1.165, 1.54) is 6.07 Å². The number of ether oxygens (including phenoxy) is 1. The van der Waals surface area contributed by atoms with Gasteiger partial charge < -0.3 is 30.9 Å². The lowest BCUT2D eigenvalue weighted by molar-refractivity contribution is -0.130. The fourth-order valence-corrected chi connectivity index (χ4v) is 6.83. The number of alkyl carbamates (subject to hydrolysis) is 1. The highest BCUT2D eigenvalue weighted by atomic mass is 19.1. The number of H-pyrrole nitrogens is 1. The number of halogens is 1. The van der Waals surface area contributed by atoms with Gasteiger partial charge in [-0.1, -0.05) is 50.2 Å². The van der Waals surface area contributed by atoms with Crippen molar-refractivity contribution in [2.45, 2.75) is 78.4 Å². The first-order valence-corrected chi connectivity index (χ1v) is 19.6. The molecule has 3 aromatic carbocycles. The Hall–Kier alpha value is -5.70. The molecule has 1 unspecified atom stereocenters. The van der Waals surface area contributed by atoms with E-state index in [1.54, 1.807) is 60.7 Å². The molecule has 4 amide bonds. The van der Waals surface area contributed by atoms with E-state index in [0.717, 1.165) is 31.5 Å². The maximum absolute atomic E-state index is 15.7. The van der Waals surface area contributed by atoms with Crippen molar-refractivity contribution < 1.29 is 28.3 Å². The summed E-state index contributed by atoms with van der Waals surface area (Å²) in [6.45, 7) is 12.8. The number of aromatic nitrogens is 4. The molecule has 1 aliphatic carbocycles. The largest absolute Gasteiger partial charge is 0.444 e. The molecule has 5 rings (SSSR count). The number of tetrazole rings is 1. The predicted molar refractivity (Wildman–Crippen MR) is 216 cm³/mol. The van der Waals surface area contributed by atoms with Crippen LogP contribution in [0.2, 0.25) is 0 Å². The van der Waals surface area contributed by atoms with Crippen molar-refractivity contribution in [2.75, 3.05) is 38.0 Å². The number of carbonyl (C=O) groups is 4. The van der Waals surface area contributed by atoms with Crippen molar-refractivity contribution in [2.24, 2.45) is 11.8 Å². The molecule has 5 N–H and O–H groups in total. The van der Waals surface area contributed by atoms with Crippen molar-refractivity contribution in [1.82, 2.24) is 41.5 Å². The second-order valence-corrected chi connectivity index (χ2v) is 15.3. The topological polar surface area (TPSA) is 183 Å². The average Bonchev–Trinajstić information content (AvgIpc) is 3.74. The Labute approximate surface area is 333 Å². The van der Waals surface area contributed by atoms with Crippen molar-refractivity contribution in [3.63, 3.8) is 0 Å². The summed E-state index contributed by atoms with van der Waals surface area (Å²) in [4.78, 5) is 54.7. The molecule has 0 radical (unpaired) electrons. The normalized spacial score (nSPS) is 16.1. The van der Waals surface area contributed by atoms with Crippen LogP contribution in [0.3, 0.4) is 0 Å². The van der Waals surface area contributed by atoms with E-state index in [4.69, 9.17) is 4.74 Å². The molecule has 1 saturated carbocycles. The van der Waals surface area contributed by atoms with Crippen LogP contribution in [-0.2, 0) is 20.7 Å². The molecule has 1 aromatic heterocycles. The predicted octanol–water partition coefficient (Wildman–Crippen LogP) is 5.74. The SMILES string of the molecule is CCN(CC)CCNC(=O)c1cccc(-c2ccc(CC(NC(=O)C3CCC(CNC(=O)OC(C)(C)C)CC3)C(=O)Nc3ccc(-c4nn[nH]n4)cc3)cc2)c1F. The Balaban J connectivity index is 1.25. The van der Waals surface area contributed by atoms with Gasteiger partial charge >= 0.3 is 6.09 Å². The van der Waals surface area contributed by atoms with Gasteiger partial charge in [-0.2, -0.15) is 5.21 Å². The lowest BCUT2D eigenvalue weighted by atomic mass is 9.81. The molecule has 0 spiro atoms. The third-order valence-corrected chi connectivity index (χ3v) is 10.1. The minimum atomic E-state index is -0.924. The van der Waals surface area contributed by atoms with Crippen LogP contribution in [-0.4, -0.2) is 93.7 Å². The van der Waals surface area contributed by atoms with Gasteiger partial charge in [0.25, 0.3) is 5.91 Å². The standard InChI is InChI=1S/C42H54FN9O5/c1-6-52(7-2)24-23-44-39(54)34-10-8-9-33(36(34)43)29-15-11-27(12-16-29)25-35(40(55)46-32-21-19-30(20-22-32)37-48-50-51-49-37)47-38(53)31-17-13-28(14-18-31)26-45-41(56)57-42(3,4)5/h8-12,15-16,19-22,28,31,35H,6-7,13-14,17-18,23-26H2,1-5H3,(H,44,54)(H,45,56)(H,46,55)(H,47,53)(H,48,49,50,51). The second kappa shape index (κ2) is 19.9. The van der Waals surface area contributed by atoms with E-state index in [1.807, 2.05) is 20.8 Å². The zero-order valence-corrected chi connectivity index (χ0v) is 33.4. The molecule has 0 saturated heterocycles. The Morgan fingerprint density at radius 2 is 1.60 bits per heavy atom. The fraction of sp³-hybridized carbons (Fsp3) is 0.452. The van der Waals surface area contributed by atoms with Gasteiger partial charge in [0.1, 0.15) is 17.5 Å². The summed E-state index contributed by atoms with van der Waals surface area (Å²) in [5.41, 5.74) is 2.20. The summed E-state index contributed by atoms with van der Waals surface area (Å²) >= 11 is 0. The Kier molecular flexibility index (Phi) is 14.8.